The third-order valence-electron chi connectivity index (χ3n) is 4.84. The number of hydrogen-bond donors (Lipinski definition) is 0. The first kappa shape index (κ1) is 12.6. The summed E-state index contributed by atoms with van der Waals surface area (Å²) in [5.41, 5.74) is 1.54. The summed E-state index contributed by atoms with van der Waals surface area (Å²) in [5, 5.41) is 0. The fourth-order valence-electron chi connectivity index (χ4n) is 4.06. The Morgan fingerprint density at radius 3 is 2.63 bits per heavy atom. The molecule has 1 aliphatic carbocycles. The molecule has 2 saturated heterocycles. The van der Waals surface area contributed by atoms with Gasteiger partial charge in [0.15, 0.2) is 0 Å². The lowest BCUT2D eigenvalue weighted by atomic mass is 9.86. The highest BCUT2D eigenvalue weighted by Gasteiger charge is 2.56. The zero-order chi connectivity index (χ0) is 12.7. The van der Waals surface area contributed by atoms with Crippen molar-refractivity contribution in [3.8, 4) is 0 Å². The second-order valence-electron chi connectivity index (χ2n) is 5.92. The summed E-state index contributed by atoms with van der Waals surface area (Å²) >= 11 is 4.48. The van der Waals surface area contributed by atoms with Gasteiger partial charge in [0, 0.05) is 12.5 Å². The molecule has 0 N–H and O–H groups in total. The van der Waals surface area contributed by atoms with Crippen molar-refractivity contribution in [1.82, 2.24) is 0 Å². The van der Waals surface area contributed by atoms with Crippen molar-refractivity contribution in [2.24, 2.45) is 11.8 Å². The van der Waals surface area contributed by atoms with Crippen molar-refractivity contribution in [1.29, 1.82) is 0 Å². The molecule has 1 saturated carbocycles. The van der Waals surface area contributed by atoms with Gasteiger partial charge in [-0.2, -0.15) is 0 Å². The lowest BCUT2D eigenvalue weighted by Crippen LogP contribution is -2.31. The van der Waals surface area contributed by atoms with E-state index in [0.717, 1.165) is 25.0 Å². The fraction of sp³-hybridized carbons (Fsp3) is 0.625. The van der Waals surface area contributed by atoms with Crippen LogP contribution in [0.1, 0.15) is 24.3 Å². The first-order valence-corrected chi connectivity index (χ1v) is 9.27. The predicted molar refractivity (Wildman–Crippen MR) is 83.9 cm³/mol. The molecule has 4 rings (SSSR count). The van der Waals surface area contributed by atoms with Crippen LogP contribution in [0.15, 0.2) is 30.3 Å². The van der Waals surface area contributed by atoms with Crippen LogP contribution >= 0.6 is 23.5 Å². The number of hydrogen-bond acceptors (Lipinski definition) is 3. The molecule has 3 fully saturated rings. The Hall–Kier alpha value is -0.120. The molecule has 2 heterocycles. The first-order valence-electron chi connectivity index (χ1n) is 7.30. The van der Waals surface area contributed by atoms with E-state index in [2.05, 4.69) is 53.9 Å². The van der Waals surface area contributed by atoms with Gasteiger partial charge in [0.05, 0.1) is 10.7 Å². The average molecular weight is 292 g/mol. The predicted octanol–water partition coefficient (Wildman–Crippen LogP) is 4.00. The maximum atomic E-state index is 5.78. The minimum atomic E-state index is 0.443. The van der Waals surface area contributed by atoms with Crippen molar-refractivity contribution in [2.75, 3.05) is 24.7 Å². The summed E-state index contributed by atoms with van der Waals surface area (Å²) in [7, 11) is 0. The molecule has 0 radical (unpaired) electrons. The molecule has 0 amide bonds. The van der Waals surface area contributed by atoms with Gasteiger partial charge in [-0.1, -0.05) is 30.3 Å². The van der Waals surface area contributed by atoms with E-state index in [1.54, 1.807) is 5.56 Å². The molecule has 19 heavy (non-hydrogen) atoms. The highest BCUT2D eigenvalue weighted by molar-refractivity contribution is 8.18. The lowest BCUT2D eigenvalue weighted by Gasteiger charge is -2.39. The molecule has 0 unspecified atom stereocenters. The van der Waals surface area contributed by atoms with Gasteiger partial charge in [-0.05, 0) is 41.7 Å². The van der Waals surface area contributed by atoms with Gasteiger partial charge >= 0.3 is 0 Å². The molecule has 1 nitrogen and oxygen atoms in total. The van der Waals surface area contributed by atoms with Crippen LogP contribution in [0.3, 0.4) is 0 Å². The lowest BCUT2D eigenvalue weighted by molar-refractivity contribution is 0.170. The number of ether oxygens (including phenoxy) is 1. The monoisotopic (exact) mass is 292 g/mol. The van der Waals surface area contributed by atoms with Gasteiger partial charge in [-0.3, -0.25) is 0 Å². The van der Waals surface area contributed by atoms with Crippen molar-refractivity contribution >= 4 is 23.5 Å². The summed E-state index contributed by atoms with van der Waals surface area (Å²) in [6.07, 6.45) is 2.73. The Balaban J connectivity index is 1.74. The Kier molecular flexibility index (Phi) is 3.33. The van der Waals surface area contributed by atoms with Gasteiger partial charge < -0.3 is 4.74 Å². The topological polar surface area (TPSA) is 9.23 Å². The highest BCUT2D eigenvalue weighted by Crippen LogP contribution is 2.64. The van der Waals surface area contributed by atoms with E-state index in [0.29, 0.717) is 10.00 Å². The summed E-state index contributed by atoms with van der Waals surface area (Å²) in [4.78, 5) is 0. The average Bonchev–Trinajstić information content (AvgIpc) is 2.99. The number of benzene rings is 1. The second kappa shape index (κ2) is 5.01. The van der Waals surface area contributed by atoms with E-state index in [9.17, 15) is 0 Å². The van der Waals surface area contributed by atoms with Gasteiger partial charge in [0.25, 0.3) is 0 Å². The zero-order valence-electron chi connectivity index (χ0n) is 11.1. The molecular formula is C16H20OS2. The summed E-state index contributed by atoms with van der Waals surface area (Å²) < 4.78 is 6.22. The second-order valence-corrected chi connectivity index (χ2v) is 9.03. The highest BCUT2D eigenvalue weighted by atomic mass is 32.2. The Morgan fingerprint density at radius 2 is 1.84 bits per heavy atom. The molecule has 102 valence electrons. The normalized spacial score (nSPS) is 36.5. The van der Waals surface area contributed by atoms with E-state index >= 15 is 0 Å². The fourth-order valence-corrected chi connectivity index (χ4v) is 7.99. The van der Waals surface area contributed by atoms with Crippen LogP contribution in [0.25, 0.3) is 0 Å². The molecule has 3 aliphatic rings. The van der Waals surface area contributed by atoms with E-state index in [1.165, 1.54) is 24.3 Å². The summed E-state index contributed by atoms with van der Waals surface area (Å²) in [6, 6.07) is 11.2. The molecular weight excluding hydrogens is 272 g/mol. The van der Waals surface area contributed by atoms with Crippen molar-refractivity contribution in [2.45, 2.75) is 22.8 Å². The zero-order valence-corrected chi connectivity index (χ0v) is 12.7. The molecule has 1 aromatic rings. The van der Waals surface area contributed by atoms with Crippen LogP contribution in [0, 0.1) is 11.8 Å². The number of thioether (sulfide) groups is 2. The molecule has 3 heteroatoms. The summed E-state index contributed by atoms with van der Waals surface area (Å²) in [5.74, 6) is 4.92. The van der Waals surface area contributed by atoms with E-state index in [1.807, 2.05) is 0 Å². The van der Waals surface area contributed by atoms with Crippen molar-refractivity contribution < 1.29 is 4.74 Å². The quantitative estimate of drug-likeness (QED) is 0.774. The van der Waals surface area contributed by atoms with Crippen LogP contribution < -0.4 is 0 Å². The molecule has 2 aliphatic heterocycles. The number of rotatable bonds is 1. The SMILES string of the molecule is c1ccc([C@H]2[C@@H]3COC[C@@H]3CC23SCCCS3)cc1. The minimum Gasteiger partial charge on any atom is -0.381 e. The maximum absolute atomic E-state index is 5.78. The third-order valence-corrected chi connectivity index (χ3v) is 8.35. The van der Waals surface area contributed by atoms with Gasteiger partial charge in [0.2, 0.25) is 0 Å². The van der Waals surface area contributed by atoms with Crippen LogP contribution in [-0.2, 0) is 4.74 Å². The molecule has 1 spiro atoms. The smallest absolute Gasteiger partial charge is 0.0686 e. The van der Waals surface area contributed by atoms with Crippen LogP contribution in [0.2, 0.25) is 0 Å². The van der Waals surface area contributed by atoms with Gasteiger partial charge in [-0.15, -0.1) is 23.5 Å². The Morgan fingerprint density at radius 1 is 1.05 bits per heavy atom. The van der Waals surface area contributed by atoms with E-state index in [-0.39, 0.29) is 0 Å². The first-order chi connectivity index (χ1) is 9.39. The van der Waals surface area contributed by atoms with E-state index < -0.39 is 0 Å². The molecule has 0 aromatic heterocycles. The van der Waals surface area contributed by atoms with Gasteiger partial charge in [0.1, 0.15) is 0 Å². The van der Waals surface area contributed by atoms with Crippen molar-refractivity contribution in [3.63, 3.8) is 0 Å². The Labute approximate surface area is 123 Å². The molecule has 0 bridgehead atoms. The number of fused-ring (bicyclic) bond motifs is 1. The third kappa shape index (κ3) is 2.05. The molecule has 1 aromatic carbocycles. The standard InChI is InChI=1S/C16H20OS2/c1-2-5-12(6-3-1)15-14-11-17-10-13(14)9-16(15)18-7-4-8-19-16/h1-3,5-6,13-15H,4,7-11H2/t13-,14+,15-/m0/s1. The van der Waals surface area contributed by atoms with Crippen LogP contribution in [0.5, 0.6) is 0 Å². The summed E-state index contributed by atoms with van der Waals surface area (Å²) in [6.45, 7) is 1.98. The maximum Gasteiger partial charge on any atom is 0.0686 e. The van der Waals surface area contributed by atoms with Crippen LogP contribution in [0.4, 0.5) is 0 Å². The minimum absolute atomic E-state index is 0.443. The largest absolute Gasteiger partial charge is 0.381 e. The van der Waals surface area contributed by atoms with Crippen LogP contribution in [-0.4, -0.2) is 28.8 Å². The Bertz CT molecular complexity index is 441. The van der Waals surface area contributed by atoms with E-state index in [4.69, 9.17) is 4.74 Å². The van der Waals surface area contributed by atoms with Gasteiger partial charge in [-0.25, -0.2) is 0 Å². The van der Waals surface area contributed by atoms with Crippen molar-refractivity contribution in [3.05, 3.63) is 35.9 Å². The molecule has 3 atom stereocenters.